The SMILES string of the molecule is Cc1ccc(-c2nc3ncccc3o2)cc1NC(=S)NC(=O)C=Cc1ccco1. The molecule has 0 aliphatic carbocycles. The summed E-state index contributed by atoms with van der Waals surface area (Å²) in [5.74, 6) is 0.672. The van der Waals surface area contributed by atoms with Gasteiger partial charge in [-0.05, 0) is 67.2 Å². The van der Waals surface area contributed by atoms with E-state index < -0.39 is 0 Å². The number of amides is 1. The van der Waals surface area contributed by atoms with Crippen LogP contribution >= 0.6 is 12.2 Å². The van der Waals surface area contributed by atoms with Crippen LogP contribution in [0.25, 0.3) is 28.8 Å². The fraction of sp³-hybridized carbons (Fsp3) is 0.0476. The zero-order chi connectivity index (χ0) is 20.2. The highest BCUT2D eigenvalue weighted by molar-refractivity contribution is 7.80. The summed E-state index contributed by atoms with van der Waals surface area (Å²) in [6, 6.07) is 12.8. The molecule has 3 aromatic heterocycles. The summed E-state index contributed by atoms with van der Waals surface area (Å²) in [5, 5.41) is 5.82. The van der Waals surface area contributed by atoms with Crippen molar-refractivity contribution in [2.45, 2.75) is 6.92 Å². The molecule has 0 unspecified atom stereocenters. The number of rotatable bonds is 4. The maximum absolute atomic E-state index is 12.0. The third kappa shape index (κ3) is 4.39. The van der Waals surface area contributed by atoms with E-state index in [-0.39, 0.29) is 11.0 Å². The molecule has 2 N–H and O–H groups in total. The first kappa shape index (κ1) is 18.6. The molecule has 0 radical (unpaired) electrons. The Kier molecular flexibility index (Phi) is 5.17. The number of furan rings is 1. The summed E-state index contributed by atoms with van der Waals surface area (Å²) in [6.45, 7) is 1.93. The number of oxazole rings is 1. The highest BCUT2D eigenvalue weighted by Crippen LogP contribution is 2.27. The van der Waals surface area contributed by atoms with Crippen LogP contribution in [0.1, 0.15) is 11.3 Å². The minimum absolute atomic E-state index is 0.179. The first-order valence-electron chi connectivity index (χ1n) is 8.74. The van der Waals surface area contributed by atoms with Crippen LogP contribution in [-0.4, -0.2) is 21.0 Å². The Balaban J connectivity index is 1.47. The van der Waals surface area contributed by atoms with E-state index in [9.17, 15) is 4.79 Å². The number of nitrogens with one attached hydrogen (secondary N) is 2. The lowest BCUT2D eigenvalue weighted by molar-refractivity contribution is -0.115. The van der Waals surface area contributed by atoms with Crippen LogP contribution in [0.3, 0.4) is 0 Å². The number of aromatic nitrogens is 2. The van der Waals surface area contributed by atoms with Crippen LogP contribution in [0.15, 0.2) is 69.8 Å². The van der Waals surface area contributed by atoms with Crippen molar-refractivity contribution >= 4 is 46.2 Å². The van der Waals surface area contributed by atoms with Gasteiger partial charge in [0.15, 0.2) is 16.3 Å². The van der Waals surface area contributed by atoms with Gasteiger partial charge in [-0.25, -0.2) is 4.98 Å². The van der Waals surface area contributed by atoms with Gasteiger partial charge in [-0.15, -0.1) is 0 Å². The van der Waals surface area contributed by atoms with Gasteiger partial charge in [-0.1, -0.05) is 6.07 Å². The number of anilines is 1. The van der Waals surface area contributed by atoms with E-state index in [0.29, 0.717) is 22.9 Å². The number of aryl methyl sites for hydroxylation is 1. The van der Waals surface area contributed by atoms with Gasteiger partial charge in [-0.2, -0.15) is 4.98 Å². The summed E-state index contributed by atoms with van der Waals surface area (Å²) in [6.07, 6.45) is 6.11. The zero-order valence-electron chi connectivity index (χ0n) is 15.4. The highest BCUT2D eigenvalue weighted by Gasteiger charge is 2.11. The van der Waals surface area contributed by atoms with Crippen LogP contribution in [0.4, 0.5) is 5.69 Å². The molecule has 4 aromatic rings. The minimum Gasteiger partial charge on any atom is -0.465 e. The molecular formula is C21H16N4O3S. The van der Waals surface area contributed by atoms with E-state index in [2.05, 4.69) is 20.6 Å². The Morgan fingerprint density at radius 1 is 1.21 bits per heavy atom. The zero-order valence-corrected chi connectivity index (χ0v) is 16.2. The number of hydrogen-bond donors (Lipinski definition) is 2. The Labute approximate surface area is 171 Å². The van der Waals surface area contributed by atoms with Crippen LogP contribution in [0, 0.1) is 6.92 Å². The lowest BCUT2D eigenvalue weighted by Crippen LogP contribution is -2.33. The predicted molar refractivity (Wildman–Crippen MR) is 114 cm³/mol. The van der Waals surface area contributed by atoms with Crippen molar-refractivity contribution in [2.24, 2.45) is 0 Å². The van der Waals surface area contributed by atoms with E-state index in [1.54, 1.807) is 30.5 Å². The van der Waals surface area contributed by atoms with Gasteiger partial charge < -0.3 is 14.2 Å². The third-order valence-electron chi connectivity index (χ3n) is 4.08. The number of hydrogen-bond acceptors (Lipinski definition) is 6. The average molecular weight is 404 g/mol. The molecule has 144 valence electrons. The lowest BCUT2D eigenvalue weighted by Gasteiger charge is -2.11. The Morgan fingerprint density at radius 2 is 2.10 bits per heavy atom. The molecule has 0 atom stereocenters. The van der Waals surface area contributed by atoms with Gasteiger partial charge in [0.2, 0.25) is 11.8 Å². The predicted octanol–water partition coefficient (Wildman–Crippen LogP) is 4.32. The molecule has 0 saturated carbocycles. The fourth-order valence-corrected chi connectivity index (χ4v) is 2.84. The molecule has 7 nitrogen and oxygen atoms in total. The quantitative estimate of drug-likeness (QED) is 0.386. The van der Waals surface area contributed by atoms with Crippen LogP contribution < -0.4 is 10.6 Å². The average Bonchev–Trinajstić information content (AvgIpc) is 3.37. The van der Waals surface area contributed by atoms with Crippen molar-refractivity contribution in [3.8, 4) is 11.5 Å². The molecule has 1 amide bonds. The molecule has 3 heterocycles. The number of nitrogens with zero attached hydrogens (tertiary/aromatic N) is 2. The maximum Gasteiger partial charge on any atom is 0.250 e. The van der Waals surface area contributed by atoms with E-state index in [1.165, 1.54) is 12.3 Å². The molecule has 0 bridgehead atoms. The molecule has 0 fully saturated rings. The van der Waals surface area contributed by atoms with Crippen LogP contribution in [-0.2, 0) is 4.79 Å². The van der Waals surface area contributed by atoms with Crippen molar-refractivity contribution in [1.29, 1.82) is 0 Å². The van der Waals surface area contributed by atoms with Gasteiger partial charge >= 0.3 is 0 Å². The Bertz CT molecular complexity index is 1180. The van der Waals surface area contributed by atoms with Gasteiger partial charge in [0.1, 0.15) is 5.76 Å². The number of fused-ring (bicyclic) bond motifs is 1. The van der Waals surface area contributed by atoms with Gasteiger partial charge in [-0.3, -0.25) is 10.1 Å². The standard InChI is InChI=1S/C21H16N4O3S/c1-13-6-7-14(20-25-19-17(28-20)5-2-10-22-19)12-16(13)23-21(29)24-18(26)9-8-15-4-3-11-27-15/h2-12H,1H3,(H2,23,24,26,29). The van der Waals surface area contributed by atoms with Gasteiger partial charge in [0.05, 0.1) is 6.26 Å². The number of thiocarbonyl (C=S) groups is 1. The molecule has 0 saturated heterocycles. The number of carbonyl (C=O) groups excluding carboxylic acids is 1. The second kappa shape index (κ2) is 8.07. The van der Waals surface area contributed by atoms with Gasteiger partial charge in [0.25, 0.3) is 0 Å². The topological polar surface area (TPSA) is 93.2 Å². The number of pyridine rings is 1. The summed E-state index contributed by atoms with van der Waals surface area (Å²) in [5.41, 5.74) is 3.61. The molecule has 0 aliphatic rings. The third-order valence-corrected chi connectivity index (χ3v) is 4.28. The van der Waals surface area contributed by atoms with Crippen LogP contribution in [0.5, 0.6) is 0 Å². The minimum atomic E-state index is -0.363. The molecule has 8 heteroatoms. The Hall–Kier alpha value is -3.78. The summed E-state index contributed by atoms with van der Waals surface area (Å²) >= 11 is 5.25. The van der Waals surface area contributed by atoms with E-state index in [0.717, 1.165) is 16.8 Å². The fourth-order valence-electron chi connectivity index (χ4n) is 2.63. The summed E-state index contributed by atoms with van der Waals surface area (Å²) in [7, 11) is 0. The van der Waals surface area contributed by atoms with Crippen molar-refractivity contribution in [2.75, 3.05) is 5.32 Å². The molecular weight excluding hydrogens is 388 g/mol. The van der Waals surface area contributed by atoms with Crippen molar-refractivity contribution in [1.82, 2.24) is 15.3 Å². The molecule has 4 rings (SSSR count). The maximum atomic E-state index is 12.0. The second-order valence-corrected chi connectivity index (χ2v) is 6.57. The number of benzene rings is 1. The second-order valence-electron chi connectivity index (χ2n) is 6.17. The van der Waals surface area contributed by atoms with E-state index in [1.807, 2.05) is 31.2 Å². The highest BCUT2D eigenvalue weighted by atomic mass is 32.1. The summed E-state index contributed by atoms with van der Waals surface area (Å²) < 4.78 is 10.9. The van der Waals surface area contributed by atoms with Gasteiger partial charge in [0, 0.05) is 23.5 Å². The van der Waals surface area contributed by atoms with Crippen molar-refractivity contribution < 1.29 is 13.6 Å². The largest absolute Gasteiger partial charge is 0.465 e. The molecule has 0 aliphatic heterocycles. The smallest absolute Gasteiger partial charge is 0.250 e. The normalized spacial score (nSPS) is 11.1. The van der Waals surface area contributed by atoms with Crippen molar-refractivity contribution in [3.63, 3.8) is 0 Å². The lowest BCUT2D eigenvalue weighted by atomic mass is 10.1. The molecule has 29 heavy (non-hydrogen) atoms. The van der Waals surface area contributed by atoms with Crippen molar-refractivity contribution in [3.05, 3.63) is 72.3 Å². The first-order valence-corrected chi connectivity index (χ1v) is 9.15. The first-order chi connectivity index (χ1) is 14.1. The number of carbonyl (C=O) groups is 1. The van der Waals surface area contributed by atoms with E-state index in [4.69, 9.17) is 21.1 Å². The Morgan fingerprint density at radius 3 is 2.90 bits per heavy atom. The summed E-state index contributed by atoms with van der Waals surface area (Å²) in [4.78, 5) is 20.6. The van der Waals surface area contributed by atoms with Crippen LogP contribution in [0.2, 0.25) is 0 Å². The van der Waals surface area contributed by atoms with E-state index >= 15 is 0 Å². The molecule has 1 aromatic carbocycles. The molecule has 0 spiro atoms. The monoisotopic (exact) mass is 404 g/mol.